The summed E-state index contributed by atoms with van der Waals surface area (Å²) in [5.74, 6) is 0.451. The highest BCUT2D eigenvalue weighted by molar-refractivity contribution is 7.90. The highest BCUT2D eigenvalue weighted by atomic mass is 32.2. The second-order valence-electron chi connectivity index (χ2n) is 10.4. The van der Waals surface area contributed by atoms with E-state index in [2.05, 4.69) is 11.9 Å². The summed E-state index contributed by atoms with van der Waals surface area (Å²) in [5, 5.41) is -0.654. The predicted octanol–water partition coefficient (Wildman–Crippen LogP) is 1.08. The molecular weight excluding hydrogens is 458 g/mol. The summed E-state index contributed by atoms with van der Waals surface area (Å²) in [5.41, 5.74) is 0.986. The highest BCUT2D eigenvalue weighted by Crippen LogP contribution is 2.39. The Morgan fingerprint density at radius 2 is 2.00 bits per heavy atom. The number of methoxy groups -OCH3 is 1. The minimum Gasteiger partial charge on any atom is -0.497 e. The number of ether oxygens (including phenoxy) is 3. The standard InChI is InChI=1S/C24H39N3O6S/c1-18-11-21(31-4)12-19(2)23(18)34(29,30)27-9-10-32-13-20(27)14-33-15-22(28)26-8-6-24(17-26)5-7-25(3)16-24/h11-12,18,20,23H,5-10,13-17H2,1-4H3/t18?,20-,23?,24?/m0/s1. The lowest BCUT2D eigenvalue weighted by Gasteiger charge is -2.38. The van der Waals surface area contributed by atoms with Crippen LogP contribution in [-0.4, -0.2) is 113 Å². The molecule has 3 fully saturated rings. The minimum atomic E-state index is -3.65. The number of hydrogen-bond donors (Lipinski definition) is 0. The van der Waals surface area contributed by atoms with Crippen LogP contribution in [0.3, 0.4) is 0 Å². The van der Waals surface area contributed by atoms with E-state index >= 15 is 0 Å². The summed E-state index contributed by atoms with van der Waals surface area (Å²) in [6.45, 7) is 8.40. The van der Waals surface area contributed by atoms with Gasteiger partial charge in [0, 0.05) is 31.6 Å². The number of allylic oxidation sites excluding steroid dienone is 2. The first-order valence-electron chi connectivity index (χ1n) is 12.2. The first kappa shape index (κ1) is 25.6. The monoisotopic (exact) mass is 497 g/mol. The van der Waals surface area contributed by atoms with Crippen LogP contribution >= 0.6 is 0 Å². The van der Waals surface area contributed by atoms with Crippen LogP contribution < -0.4 is 0 Å². The summed E-state index contributed by atoms with van der Waals surface area (Å²) in [4.78, 5) is 17.0. The first-order valence-corrected chi connectivity index (χ1v) is 13.7. The zero-order valence-electron chi connectivity index (χ0n) is 20.9. The quantitative estimate of drug-likeness (QED) is 0.520. The molecule has 0 aromatic rings. The third-order valence-electron chi connectivity index (χ3n) is 7.74. The van der Waals surface area contributed by atoms with Crippen molar-refractivity contribution in [2.45, 2.75) is 38.0 Å². The average Bonchev–Trinajstić information content (AvgIpc) is 3.38. The number of amides is 1. The van der Waals surface area contributed by atoms with Gasteiger partial charge in [-0.25, -0.2) is 8.42 Å². The molecule has 4 atom stereocenters. The first-order chi connectivity index (χ1) is 16.1. The predicted molar refractivity (Wildman–Crippen MR) is 129 cm³/mol. The largest absolute Gasteiger partial charge is 0.497 e. The van der Waals surface area contributed by atoms with Crippen LogP contribution in [0.1, 0.15) is 26.7 Å². The molecule has 34 heavy (non-hydrogen) atoms. The molecule has 0 aromatic heterocycles. The van der Waals surface area contributed by atoms with Crippen LogP contribution in [0.15, 0.2) is 23.5 Å². The van der Waals surface area contributed by atoms with Crippen molar-refractivity contribution < 1.29 is 27.4 Å². The average molecular weight is 498 g/mol. The molecule has 0 radical (unpaired) electrons. The minimum absolute atomic E-state index is 0.0190. The number of carbonyl (C=O) groups is 1. The number of carbonyl (C=O) groups excluding carboxylic acids is 1. The number of nitrogens with zero attached hydrogens (tertiary/aromatic N) is 3. The molecule has 3 saturated heterocycles. The fraction of sp³-hybridized carbons (Fsp3) is 0.792. The third kappa shape index (κ3) is 5.21. The molecule has 3 unspecified atom stereocenters. The second kappa shape index (κ2) is 10.3. The van der Waals surface area contributed by atoms with E-state index in [1.807, 2.05) is 24.8 Å². The fourth-order valence-electron chi connectivity index (χ4n) is 6.01. The SMILES string of the molecule is COC1=CC(C)C(S(=O)(=O)N2CCOC[C@H]2COCC(=O)N2CCC3(CCN(C)C3)C2)C(C)=C1. The Morgan fingerprint density at radius 3 is 2.68 bits per heavy atom. The Kier molecular flexibility index (Phi) is 7.74. The van der Waals surface area contributed by atoms with Gasteiger partial charge in [0.1, 0.15) is 17.6 Å². The van der Waals surface area contributed by atoms with E-state index in [-0.39, 0.29) is 43.6 Å². The van der Waals surface area contributed by atoms with Gasteiger partial charge in [-0.2, -0.15) is 4.31 Å². The molecular formula is C24H39N3O6S. The normalized spacial score (nSPS) is 33.3. The van der Waals surface area contributed by atoms with E-state index in [9.17, 15) is 13.2 Å². The van der Waals surface area contributed by atoms with Gasteiger partial charge in [0.05, 0.1) is 33.0 Å². The van der Waals surface area contributed by atoms with Crippen molar-refractivity contribution in [3.8, 4) is 0 Å². The molecule has 0 bridgehead atoms. The molecule has 1 spiro atoms. The van der Waals surface area contributed by atoms with Gasteiger partial charge in [-0.1, -0.05) is 6.92 Å². The van der Waals surface area contributed by atoms with Gasteiger partial charge in [-0.05, 0) is 57.0 Å². The maximum Gasteiger partial charge on any atom is 0.248 e. The zero-order chi connectivity index (χ0) is 24.5. The molecule has 192 valence electrons. The molecule has 9 nitrogen and oxygen atoms in total. The molecule has 0 saturated carbocycles. The van der Waals surface area contributed by atoms with E-state index < -0.39 is 21.3 Å². The van der Waals surface area contributed by atoms with E-state index in [4.69, 9.17) is 14.2 Å². The van der Waals surface area contributed by atoms with Crippen molar-refractivity contribution in [2.75, 3.05) is 73.3 Å². The molecule has 3 aliphatic heterocycles. The van der Waals surface area contributed by atoms with Crippen LogP contribution in [0.5, 0.6) is 0 Å². The van der Waals surface area contributed by atoms with E-state index in [1.165, 1.54) is 4.31 Å². The lowest BCUT2D eigenvalue weighted by Crippen LogP contribution is -2.55. The molecule has 0 aromatic carbocycles. The fourth-order valence-corrected chi connectivity index (χ4v) is 8.33. The van der Waals surface area contributed by atoms with Crippen LogP contribution in [0.25, 0.3) is 0 Å². The van der Waals surface area contributed by atoms with Crippen LogP contribution in [0.4, 0.5) is 0 Å². The second-order valence-corrected chi connectivity index (χ2v) is 12.4. The van der Waals surface area contributed by atoms with Crippen molar-refractivity contribution >= 4 is 15.9 Å². The molecule has 0 N–H and O–H groups in total. The van der Waals surface area contributed by atoms with Gasteiger partial charge in [0.2, 0.25) is 15.9 Å². The summed E-state index contributed by atoms with van der Waals surface area (Å²) in [6, 6.07) is -0.451. The van der Waals surface area contributed by atoms with E-state index in [0.717, 1.165) is 44.6 Å². The van der Waals surface area contributed by atoms with Crippen LogP contribution in [-0.2, 0) is 29.0 Å². The summed E-state index contributed by atoms with van der Waals surface area (Å²) in [7, 11) is 0.0706. The Hall–Kier alpha value is -1.46. The van der Waals surface area contributed by atoms with Gasteiger partial charge < -0.3 is 24.0 Å². The Labute approximate surface area is 203 Å². The zero-order valence-corrected chi connectivity index (χ0v) is 21.7. The van der Waals surface area contributed by atoms with Crippen molar-refractivity contribution in [3.63, 3.8) is 0 Å². The number of likely N-dealkylation sites (tertiary alicyclic amines) is 2. The lowest BCUT2D eigenvalue weighted by molar-refractivity contribution is -0.136. The van der Waals surface area contributed by atoms with Crippen LogP contribution in [0, 0.1) is 11.3 Å². The maximum atomic E-state index is 13.7. The van der Waals surface area contributed by atoms with Crippen molar-refractivity contribution in [2.24, 2.45) is 11.3 Å². The summed E-state index contributed by atoms with van der Waals surface area (Å²) >= 11 is 0. The molecule has 10 heteroatoms. The molecule has 4 rings (SSSR count). The van der Waals surface area contributed by atoms with Gasteiger partial charge >= 0.3 is 0 Å². The van der Waals surface area contributed by atoms with E-state index in [0.29, 0.717) is 12.4 Å². The van der Waals surface area contributed by atoms with Crippen molar-refractivity contribution in [1.29, 1.82) is 0 Å². The summed E-state index contributed by atoms with van der Waals surface area (Å²) < 4.78 is 45.5. The van der Waals surface area contributed by atoms with Crippen molar-refractivity contribution in [3.05, 3.63) is 23.5 Å². The molecule has 4 aliphatic rings. The van der Waals surface area contributed by atoms with Gasteiger partial charge in [-0.15, -0.1) is 0 Å². The summed E-state index contributed by atoms with van der Waals surface area (Å²) in [6.07, 6.45) is 5.81. The Bertz CT molecular complexity index is 935. The number of sulfonamides is 1. The van der Waals surface area contributed by atoms with Gasteiger partial charge in [0.25, 0.3) is 0 Å². The Balaban J connectivity index is 1.34. The highest BCUT2D eigenvalue weighted by Gasteiger charge is 2.44. The number of hydrogen-bond acceptors (Lipinski definition) is 7. The smallest absolute Gasteiger partial charge is 0.248 e. The van der Waals surface area contributed by atoms with Gasteiger partial charge in [0.15, 0.2) is 0 Å². The van der Waals surface area contributed by atoms with Crippen molar-refractivity contribution in [1.82, 2.24) is 14.1 Å². The van der Waals surface area contributed by atoms with Gasteiger partial charge in [-0.3, -0.25) is 4.79 Å². The topological polar surface area (TPSA) is 88.6 Å². The molecule has 1 amide bonds. The van der Waals surface area contributed by atoms with Crippen LogP contribution in [0.2, 0.25) is 0 Å². The number of rotatable bonds is 7. The third-order valence-corrected chi connectivity index (χ3v) is 10.3. The Morgan fingerprint density at radius 1 is 1.24 bits per heavy atom. The number of morpholine rings is 1. The maximum absolute atomic E-state index is 13.7. The lowest BCUT2D eigenvalue weighted by atomic mass is 9.86. The molecule has 3 heterocycles. The molecule has 1 aliphatic carbocycles. The van der Waals surface area contributed by atoms with E-state index in [1.54, 1.807) is 13.2 Å².